The number of hydrogen-bond acceptors (Lipinski definition) is 9. The first kappa shape index (κ1) is 24.3. The summed E-state index contributed by atoms with van der Waals surface area (Å²) in [4.78, 5) is 51.4. The lowest BCUT2D eigenvalue weighted by atomic mass is 9.94. The largest absolute Gasteiger partial charge is 0.457 e. The van der Waals surface area contributed by atoms with Crippen LogP contribution in [0.4, 0.5) is 0 Å². The van der Waals surface area contributed by atoms with Gasteiger partial charge < -0.3 is 28.8 Å². The van der Waals surface area contributed by atoms with Gasteiger partial charge in [-0.05, 0) is 19.1 Å². The van der Waals surface area contributed by atoms with Gasteiger partial charge in [0.15, 0.2) is 18.7 Å². The molecule has 1 N–H and O–H groups in total. The van der Waals surface area contributed by atoms with Gasteiger partial charge in [0.05, 0.1) is 24.2 Å². The van der Waals surface area contributed by atoms with Crippen molar-refractivity contribution in [2.24, 2.45) is 0 Å². The summed E-state index contributed by atoms with van der Waals surface area (Å²) in [5.41, 5.74) is 1.06. The highest BCUT2D eigenvalue weighted by atomic mass is 16.7. The highest BCUT2D eigenvalue weighted by molar-refractivity contribution is 6.21. The first-order valence-corrected chi connectivity index (χ1v) is 11.7. The number of rotatable bonds is 6. The summed E-state index contributed by atoms with van der Waals surface area (Å²) in [5.74, 6) is -2.20. The molecule has 3 heterocycles. The number of carbonyl (C=O) groups is 4. The summed E-state index contributed by atoms with van der Waals surface area (Å²) in [6.45, 7) is 1.37. The molecule has 36 heavy (non-hydrogen) atoms. The first-order valence-electron chi connectivity index (χ1n) is 11.7. The molecule has 10 heteroatoms. The molecular weight excluding hydrogens is 470 g/mol. The maximum absolute atomic E-state index is 13.2. The lowest BCUT2D eigenvalue weighted by molar-refractivity contribution is -0.343. The monoisotopic (exact) mass is 495 g/mol. The van der Waals surface area contributed by atoms with Crippen LogP contribution in [0.3, 0.4) is 0 Å². The fourth-order valence-electron chi connectivity index (χ4n) is 4.73. The number of ether oxygens (including phenoxy) is 4. The van der Waals surface area contributed by atoms with Crippen molar-refractivity contribution in [3.05, 3.63) is 71.3 Å². The Morgan fingerprint density at radius 2 is 1.61 bits per heavy atom. The van der Waals surface area contributed by atoms with Crippen LogP contribution in [-0.2, 0) is 28.5 Å². The summed E-state index contributed by atoms with van der Waals surface area (Å²) in [7, 11) is 0. The molecule has 3 aliphatic rings. The number of benzene rings is 2. The van der Waals surface area contributed by atoms with Crippen molar-refractivity contribution in [1.29, 1.82) is 0 Å². The number of aliphatic hydroxyl groups is 1. The smallest absolute Gasteiger partial charge is 0.306 e. The van der Waals surface area contributed by atoms with Crippen molar-refractivity contribution in [1.82, 2.24) is 4.90 Å². The van der Waals surface area contributed by atoms with Crippen molar-refractivity contribution >= 4 is 23.6 Å². The number of ketones is 1. The molecule has 2 fully saturated rings. The number of Topliss-reactive ketones (excluding diaryl/α,β-unsaturated/α-hetero) is 1. The van der Waals surface area contributed by atoms with Crippen LogP contribution >= 0.6 is 0 Å². The van der Waals surface area contributed by atoms with Gasteiger partial charge in [-0.3, -0.25) is 19.3 Å². The Kier molecular flexibility index (Phi) is 6.67. The predicted octanol–water partition coefficient (Wildman–Crippen LogP) is 1.76. The van der Waals surface area contributed by atoms with Crippen LogP contribution in [0.25, 0.3) is 0 Å². The van der Waals surface area contributed by atoms with E-state index < -0.39 is 54.7 Å². The van der Waals surface area contributed by atoms with E-state index in [2.05, 4.69) is 0 Å². The number of carbonyl (C=O) groups excluding carboxylic acids is 4. The number of fused-ring (bicyclic) bond motifs is 2. The third kappa shape index (κ3) is 4.44. The van der Waals surface area contributed by atoms with Crippen LogP contribution in [0.1, 0.15) is 52.3 Å². The molecule has 188 valence electrons. The van der Waals surface area contributed by atoms with Gasteiger partial charge >= 0.3 is 5.97 Å². The summed E-state index contributed by atoms with van der Waals surface area (Å²) in [6.07, 6.45) is -5.80. The molecule has 0 aromatic heterocycles. The summed E-state index contributed by atoms with van der Waals surface area (Å²) in [5, 5.41) is 10.9. The second-order valence-corrected chi connectivity index (χ2v) is 8.91. The minimum Gasteiger partial charge on any atom is -0.457 e. The first-order chi connectivity index (χ1) is 17.3. The van der Waals surface area contributed by atoms with Crippen molar-refractivity contribution in [2.75, 3.05) is 6.61 Å². The van der Waals surface area contributed by atoms with Gasteiger partial charge in [0.25, 0.3) is 11.8 Å². The second-order valence-electron chi connectivity index (χ2n) is 8.91. The van der Waals surface area contributed by atoms with E-state index in [1.54, 1.807) is 24.3 Å². The van der Waals surface area contributed by atoms with Crippen LogP contribution in [-0.4, -0.2) is 70.8 Å². The molecule has 6 atom stereocenters. The number of imide groups is 1. The van der Waals surface area contributed by atoms with E-state index in [9.17, 15) is 24.3 Å². The third-order valence-corrected chi connectivity index (χ3v) is 6.47. The van der Waals surface area contributed by atoms with Gasteiger partial charge in [-0.15, -0.1) is 0 Å². The van der Waals surface area contributed by atoms with Crippen LogP contribution in [0.5, 0.6) is 0 Å². The molecule has 5 rings (SSSR count). The van der Waals surface area contributed by atoms with Crippen molar-refractivity contribution in [2.45, 2.75) is 56.7 Å². The number of hydrogen-bond donors (Lipinski definition) is 1. The Labute approximate surface area is 206 Å². The van der Waals surface area contributed by atoms with Gasteiger partial charge in [-0.25, -0.2) is 0 Å². The molecule has 10 nitrogen and oxygen atoms in total. The Balaban J connectivity index is 1.48. The van der Waals surface area contributed by atoms with Crippen LogP contribution in [0.2, 0.25) is 0 Å². The van der Waals surface area contributed by atoms with E-state index in [1.165, 1.54) is 19.1 Å². The zero-order valence-corrected chi connectivity index (χ0v) is 19.4. The van der Waals surface area contributed by atoms with Gasteiger partial charge in [-0.1, -0.05) is 42.5 Å². The molecule has 2 aromatic rings. The Bertz CT molecular complexity index is 1150. The average Bonchev–Trinajstić information content (AvgIpc) is 3.13. The average molecular weight is 495 g/mol. The molecule has 3 aliphatic heterocycles. The second kappa shape index (κ2) is 9.90. The fourth-order valence-corrected chi connectivity index (χ4v) is 4.73. The standard InChI is InChI=1S/C26H25NO9/c1-14(28)11-12-19(29)35-22-20(27-23(30)16-9-5-6-10-17(16)24(27)31)25(32)34-18-13-33-26(36-21(18)22)15-7-3-2-4-8-15/h2-10,18,20-22,25-26,32H,11-13H2,1H3/t18-,20-,21-,22-,25?,26-/m1/s1. The van der Waals surface area contributed by atoms with E-state index in [0.29, 0.717) is 5.56 Å². The Hall–Kier alpha value is -3.44. The SMILES string of the molecule is CC(=O)CCC(=O)O[C@H]1[C@@H]2O[C@H](c3ccccc3)OC[C@H]2OC(O)[C@@H]1N1C(=O)c2ccccc2C1=O. The molecular formula is C26H25NO9. The van der Waals surface area contributed by atoms with Gasteiger partial charge in [0, 0.05) is 12.0 Å². The molecule has 0 radical (unpaired) electrons. The maximum atomic E-state index is 13.2. The van der Waals surface area contributed by atoms with Gasteiger partial charge in [-0.2, -0.15) is 0 Å². The van der Waals surface area contributed by atoms with Gasteiger partial charge in [0.2, 0.25) is 0 Å². The molecule has 2 aromatic carbocycles. The summed E-state index contributed by atoms with van der Waals surface area (Å²) in [6, 6.07) is 14.0. The highest BCUT2D eigenvalue weighted by Gasteiger charge is 2.57. The van der Waals surface area contributed by atoms with Gasteiger partial charge in [0.1, 0.15) is 24.0 Å². The van der Waals surface area contributed by atoms with Crippen molar-refractivity contribution in [3.8, 4) is 0 Å². The molecule has 0 spiro atoms. The summed E-state index contributed by atoms with van der Waals surface area (Å²) >= 11 is 0. The zero-order valence-electron chi connectivity index (χ0n) is 19.4. The Morgan fingerprint density at radius 3 is 2.25 bits per heavy atom. The topological polar surface area (TPSA) is 129 Å². The fraction of sp³-hybridized carbons (Fsp3) is 0.385. The van der Waals surface area contributed by atoms with Crippen LogP contribution in [0.15, 0.2) is 54.6 Å². The summed E-state index contributed by atoms with van der Waals surface area (Å²) < 4.78 is 23.4. The molecule has 2 saturated heterocycles. The number of esters is 1. The minimum absolute atomic E-state index is 0.0115. The quantitative estimate of drug-likeness (QED) is 0.471. The zero-order chi connectivity index (χ0) is 25.4. The molecule has 0 bridgehead atoms. The molecule has 0 saturated carbocycles. The van der Waals surface area contributed by atoms with E-state index in [0.717, 1.165) is 4.90 Å². The maximum Gasteiger partial charge on any atom is 0.306 e. The van der Waals surface area contributed by atoms with Crippen LogP contribution in [0, 0.1) is 0 Å². The van der Waals surface area contributed by atoms with E-state index in [4.69, 9.17) is 18.9 Å². The van der Waals surface area contributed by atoms with E-state index in [-0.39, 0.29) is 36.4 Å². The van der Waals surface area contributed by atoms with Crippen molar-refractivity contribution in [3.63, 3.8) is 0 Å². The Morgan fingerprint density at radius 1 is 0.972 bits per heavy atom. The molecule has 0 aliphatic carbocycles. The lowest BCUT2D eigenvalue weighted by Crippen LogP contribution is -2.68. The number of amides is 2. The van der Waals surface area contributed by atoms with E-state index >= 15 is 0 Å². The molecule has 1 unspecified atom stereocenters. The third-order valence-electron chi connectivity index (χ3n) is 6.47. The lowest BCUT2D eigenvalue weighted by Gasteiger charge is -2.49. The van der Waals surface area contributed by atoms with E-state index in [1.807, 2.05) is 18.2 Å². The normalized spacial score (nSPS) is 29.4. The highest BCUT2D eigenvalue weighted by Crippen LogP contribution is 2.38. The molecule has 2 amide bonds. The minimum atomic E-state index is -1.67. The van der Waals surface area contributed by atoms with Crippen LogP contribution < -0.4 is 0 Å². The van der Waals surface area contributed by atoms with Crippen molar-refractivity contribution < 1.29 is 43.2 Å². The number of aliphatic hydroxyl groups excluding tert-OH is 1. The predicted molar refractivity (Wildman–Crippen MR) is 121 cm³/mol. The number of nitrogens with zero attached hydrogens (tertiary/aromatic N) is 1.